The van der Waals surface area contributed by atoms with Gasteiger partial charge in [0.1, 0.15) is 11.6 Å². The molecular formula is C26H37N3O3. The quantitative estimate of drug-likeness (QED) is 0.438. The Hall–Kier alpha value is -2.21. The van der Waals surface area contributed by atoms with Crippen LogP contribution >= 0.6 is 0 Å². The van der Waals surface area contributed by atoms with Crippen LogP contribution in [-0.2, 0) is 16.1 Å². The summed E-state index contributed by atoms with van der Waals surface area (Å²) < 4.78 is 8.22. The Morgan fingerprint density at radius 3 is 2.50 bits per heavy atom. The van der Waals surface area contributed by atoms with Crippen molar-refractivity contribution >= 4 is 5.97 Å². The number of aromatic nitrogens is 3. The average Bonchev–Trinajstić information content (AvgIpc) is 3.50. The molecule has 1 aromatic carbocycles. The Bertz CT molecular complexity index is 885. The lowest BCUT2D eigenvalue weighted by Gasteiger charge is -2.36. The van der Waals surface area contributed by atoms with E-state index in [1.54, 1.807) is 6.92 Å². The zero-order valence-electron chi connectivity index (χ0n) is 19.6. The van der Waals surface area contributed by atoms with Crippen LogP contribution < -0.4 is 0 Å². The number of carboxylic acids is 1. The van der Waals surface area contributed by atoms with E-state index >= 15 is 0 Å². The molecule has 6 nitrogen and oxygen atoms in total. The van der Waals surface area contributed by atoms with Crippen LogP contribution in [0.4, 0.5) is 0 Å². The smallest absolute Gasteiger partial charge is 0.306 e. The molecule has 174 valence electrons. The van der Waals surface area contributed by atoms with Crippen LogP contribution in [0.2, 0.25) is 0 Å². The minimum atomic E-state index is -0.786. The van der Waals surface area contributed by atoms with E-state index in [4.69, 9.17) is 4.74 Å². The fourth-order valence-electron chi connectivity index (χ4n) is 5.11. The molecule has 2 fully saturated rings. The molecule has 0 amide bonds. The van der Waals surface area contributed by atoms with Gasteiger partial charge in [-0.05, 0) is 55.9 Å². The number of ether oxygens (including phenoxy) is 1. The van der Waals surface area contributed by atoms with E-state index in [1.807, 2.05) is 30.3 Å². The largest absolute Gasteiger partial charge is 0.481 e. The van der Waals surface area contributed by atoms with Gasteiger partial charge in [-0.15, -0.1) is 10.2 Å². The van der Waals surface area contributed by atoms with Crippen molar-refractivity contribution in [3.8, 4) is 0 Å². The third kappa shape index (κ3) is 5.40. The molecule has 32 heavy (non-hydrogen) atoms. The third-order valence-electron chi connectivity index (χ3n) is 7.08. The number of benzene rings is 1. The number of rotatable bonds is 12. The first kappa shape index (κ1) is 23.0. The standard InChI is InChI=1S/C26H37N3O3/c1-17(2)13-20-14-21(15-20)24-27-28-25(29(24)22-9-10-22)23(18(3)26(30)31)11-12-32-16-19-7-5-4-6-8-19/h4-8,17-18,20-23H,9-16H2,1-3H3,(H,30,31)/t18?,20-,21+,23?. The topological polar surface area (TPSA) is 77.2 Å². The first-order valence-corrected chi connectivity index (χ1v) is 12.2. The van der Waals surface area contributed by atoms with E-state index in [1.165, 1.54) is 19.3 Å². The highest BCUT2D eigenvalue weighted by Crippen LogP contribution is 2.48. The molecule has 2 aliphatic rings. The SMILES string of the molecule is CC(C)C[C@H]1C[C@@H](c2nnc(C(CCOCc3ccccc3)C(C)C(=O)O)n2C2CC2)C1. The molecule has 0 radical (unpaired) electrons. The van der Waals surface area contributed by atoms with Crippen LogP contribution in [0, 0.1) is 17.8 Å². The molecule has 2 unspecified atom stereocenters. The molecule has 1 aromatic heterocycles. The molecule has 2 atom stereocenters. The van der Waals surface area contributed by atoms with Gasteiger partial charge in [0.2, 0.25) is 0 Å². The minimum absolute atomic E-state index is 0.198. The summed E-state index contributed by atoms with van der Waals surface area (Å²) in [6.45, 7) is 7.41. The predicted octanol–water partition coefficient (Wildman–Crippen LogP) is 5.56. The number of nitrogens with zero attached hydrogens (tertiary/aromatic N) is 3. The summed E-state index contributed by atoms with van der Waals surface area (Å²) in [5.74, 6) is 2.42. The van der Waals surface area contributed by atoms with E-state index in [-0.39, 0.29) is 5.92 Å². The molecule has 0 bridgehead atoms. The molecule has 0 saturated heterocycles. The van der Waals surface area contributed by atoms with Gasteiger partial charge in [-0.1, -0.05) is 51.1 Å². The zero-order chi connectivity index (χ0) is 22.7. The van der Waals surface area contributed by atoms with Crippen LogP contribution in [0.15, 0.2) is 30.3 Å². The highest BCUT2D eigenvalue weighted by atomic mass is 16.5. The van der Waals surface area contributed by atoms with Crippen LogP contribution in [0.25, 0.3) is 0 Å². The van der Waals surface area contributed by atoms with E-state index in [9.17, 15) is 9.90 Å². The Morgan fingerprint density at radius 1 is 1.16 bits per heavy atom. The van der Waals surface area contributed by atoms with Gasteiger partial charge in [0.05, 0.1) is 12.5 Å². The van der Waals surface area contributed by atoms with Crippen molar-refractivity contribution in [2.75, 3.05) is 6.61 Å². The van der Waals surface area contributed by atoms with Crippen molar-refractivity contribution in [2.24, 2.45) is 17.8 Å². The van der Waals surface area contributed by atoms with Crippen LogP contribution in [0.5, 0.6) is 0 Å². The first-order chi connectivity index (χ1) is 15.4. The maximum atomic E-state index is 11.9. The summed E-state index contributed by atoms with van der Waals surface area (Å²) in [6.07, 6.45) is 6.55. The van der Waals surface area contributed by atoms with E-state index in [2.05, 4.69) is 28.6 Å². The van der Waals surface area contributed by atoms with Gasteiger partial charge in [0.15, 0.2) is 0 Å². The Kier molecular flexibility index (Phi) is 7.29. The molecule has 2 aromatic rings. The van der Waals surface area contributed by atoms with Crippen molar-refractivity contribution in [1.82, 2.24) is 14.8 Å². The summed E-state index contributed by atoms with van der Waals surface area (Å²) in [7, 11) is 0. The Balaban J connectivity index is 1.46. The van der Waals surface area contributed by atoms with Crippen molar-refractivity contribution in [2.45, 2.75) is 83.8 Å². The summed E-state index contributed by atoms with van der Waals surface area (Å²) >= 11 is 0. The summed E-state index contributed by atoms with van der Waals surface area (Å²) in [5, 5.41) is 19.0. The van der Waals surface area contributed by atoms with Gasteiger partial charge >= 0.3 is 5.97 Å². The summed E-state index contributed by atoms with van der Waals surface area (Å²) in [4.78, 5) is 11.9. The second kappa shape index (κ2) is 10.2. The van der Waals surface area contributed by atoms with Crippen LogP contribution in [0.1, 0.15) is 94.4 Å². The second-order valence-corrected chi connectivity index (χ2v) is 10.2. The maximum Gasteiger partial charge on any atom is 0.306 e. The van der Waals surface area contributed by atoms with Gasteiger partial charge in [-0.25, -0.2) is 0 Å². The average molecular weight is 440 g/mol. The molecule has 1 heterocycles. The molecule has 1 N–H and O–H groups in total. The van der Waals surface area contributed by atoms with Gasteiger partial charge in [0, 0.05) is 24.5 Å². The lowest BCUT2D eigenvalue weighted by molar-refractivity contribution is -0.142. The van der Waals surface area contributed by atoms with E-state index < -0.39 is 11.9 Å². The number of hydrogen-bond acceptors (Lipinski definition) is 4. The molecular weight excluding hydrogens is 402 g/mol. The number of hydrogen-bond donors (Lipinski definition) is 1. The highest BCUT2D eigenvalue weighted by Gasteiger charge is 2.40. The Labute approximate surface area is 191 Å². The fraction of sp³-hybridized carbons (Fsp3) is 0.654. The van der Waals surface area contributed by atoms with Gasteiger partial charge in [-0.2, -0.15) is 0 Å². The van der Waals surface area contributed by atoms with Crippen molar-refractivity contribution in [3.63, 3.8) is 0 Å². The molecule has 0 spiro atoms. The maximum absolute atomic E-state index is 11.9. The number of aliphatic carboxylic acids is 1. The number of carbonyl (C=O) groups is 1. The zero-order valence-corrected chi connectivity index (χ0v) is 19.6. The first-order valence-electron chi connectivity index (χ1n) is 12.2. The lowest BCUT2D eigenvalue weighted by atomic mass is 9.71. The van der Waals surface area contributed by atoms with Crippen molar-refractivity contribution < 1.29 is 14.6 Å². The molecule has 4 rings (SSSR count). The molecule has 2 saturated carbocycles. The molecule has 0 aliphatic heterocycles. The minimum Gasteiger partial charge on any atom is -0.481 e. The van der Waals surface area contributed by atoms with E-state index in [0.717, 1.165) is 41.9 Å². The van der Waals surface area contributed by atoms with Gasteiger partial charge in [-0.3, -0.25) is 4.79 Å². The van der Waals surface area contributed by atoms with Gasteiger partial charge in [0.25, 0.3) is 0 Å². The lowest BCUT2D eigenvalue weighted by Crippen LogP contribution is -2.27. The van der Waals surface area contributed by atoms with Gasteiger partial charge < -0.3 is 14.4 Å². The fourth-order valence-corrected chi connectivity index (χ4v) is 5.11. The van der Waals surface area contributed by atoms with E-state index in [0.29, 0.717) is 31.6 Å². The van der Waals surface area contributed by atoms with Crippen molar-refractivity contribution in [3.05, 3.63) is 47.5 Å². The highest BCUT2D eigenvalue weighted by molar-refractivity contribution is 5.70. The van der Waals surface area contributed by atoms with Crippen molar-refractivity contribution in [1.29, 1.82) is 0 Å². The van der Waals surface area contributed by atoms with Crippen LogP contribution in [-0.4, -0.2) is 32.4 Å². The number of carboxylic acid groups (broad SMARTS) is 1. The normalized spacial score (nSPS) is 22.5. The summed E-state index contributed by atoms with van der Waals surface area (Å²) in [5.41, 5.74) is 1.12. The third-order valence-corrected chi connectivity index (χ3v) is 7.08. The predicted molar refractivity (Wildman–Crippen MR) is 123 cm³/mol. The molecule has 2 aliphatic carbocycles. The monoisotopic (exact) mass is 439 g/mol. The second-order valence-electron chi connectivity index (χ2n) is 10.2. The Morgan fingerprint density at radius 2 is 1.88 bits per heavy atom. The van der Waals surface area contributed by atoms with Crippen LogP contribution in [0.3, 0.4) is 0 Å². The summed E-state index contributed by atoms with van der Waals surface area (Å²) in [6, 6.07) is 10.5. The molecule has 6 heteroatoms.